The number of fused-ring (bicyclic) bond motifs is 1. The molecule has 12 heteroatoms. The lowest BCUT2D eigenvalue weighted by Crippen LogP contribution is -2.40. The minimum absolute atomic E-state index is 0.245. The number of ether oxygens (including phenoxy) is 1. The molecule has 1 saturated carbocycles. The second kappa shape index (κ2) is 10.6. The SMILES string of the molecule is Cc1ccc(/C(N=NC2CC2)=N/N)cc1NC(=O)c1cnn2ccc(-c3cnn(CC4(O)CCOCC4)c3)cc12. The molecular formula is C28H31N9O3. The van der Waals surface area contributed by atoms with Crippen LogP contribution < -0.4 is 11.2 Å². The van der Waals surface area contributed by atoms with Crippen molar-refractivity contribution in [1.29, 1.82) is 0 Å². The van der Waals surface area contributed by atoms with Crippen LogP contribution in [0.15, 0.2) is 70.4 Å². The Morgan fingerprint density at radius 3 is 2.77 bits per heavy atom. The number of aryl methyl sites for hydroxylation is 1. The molecule has 206 valence electrons. The number of nitrogens with two attached hydrogens (primary N) is 1. The summed E-state index contributed by atoms with van der Waals surface area (Å²) in [5, 5.41) is 34.9. The molecule has 6 rings (SSSR count). The van der Waals surface area contributed by atoms with E-state index in [4.69, 9.17) is 10.6 Å². The van der Waals surface area contributed by atoms with Crippen molar-refractivity contribution < 1.29 is 14.6 Å². The molecule has 1 aromatic carbocycles. The van der Waals surface area contributed by atoms with Gasteiger partial charge in [-0.1, -0.05) is 12.1 Å². The van der Waals surface area contributed by atoms with Gasteiger partial charge in [-0.2, -0.15) is 20.4 Å². The van der Waals surface area contributed by atoms with E-state index in [1.54, 1.807) is 27.7 Å². The minimum Gasteiger partial charge on any atom is -0.388 e. The highest BCUT2D eigenvalue weighted by Crippen LogP contribution is 2.27. The Balaban J connectivity index is 1.22. The molecule has 4 aromatic rings. The number of hydrogen-bond donors (Lipinski definition) is 3. The predicted octanol–water partition coefficient (Wildman–Crippen LogP) is 3.53. The molecule has 4 heterocycles. The summed E-state index contributed by atoms with van der Waals surface area (Å²) in [5.41, 5.74) is 4.18. The minimum atomic E-state index is -0.825. The van der Waals surface area contributed by atoms with Gasteiger partial charge in [-0.05, 0) is 49.1 Å². The van der Waals surface area contributed by atoms with Crippen LogP contribution in [0.3, 0.4) is 0 Å². The van der Waals surface area contributed by atoms with E-state index in [1.165, 1.54) is 0 Å². The number of aliphatic hydroxyl groups is 1. The lowest BCUT2D eigenvalue weighted by atomic mass is 9.94. The van der Waals surface area contributed by atoms with Gasteiger partial charge in [0.15, 0.2) is 5.84 Å². The van der Waals surface area contributed by atoms with Gasteiger partial charge < -0.3 is 21.0 Å². The Morgan fingerprint density at radius 2 is 2.00 bits per heavy atom. The first-order chi connectivity index (χ1) is 19.4. The van der Waals surface area contributed by atoms with Gasteiger partial charge in [-0.25, -0.2) is 4.52 Å². The number of aromatic nitrogens is 4. The van der Waals surface area contributed by atoms with Crippen molar-refractivity contribution in [2.45, 2.75) is 50.8 Å². The van der Waals surface area contributed by atoms with Gasteiger partial charge in [0, 0.05) is 55.3 Å². The number of benzene rings is 1. The summed E-state index contributed by atoms with van der Waals surface area (Å²) < 4.78 is 8.80. The van der Waals surface area contributed by atoms with Crippen LogP contribution in [0.2, 0.25) is 0 Å². The third-order valence-corrected chi connectivity index (χ3v) is 7.34. The number of hydrogen-bond acceptors (Lipinski definition) is 8. The first-order valence-electron chi connectivity index (χ1n) is 13.3. The maximum Gasteiger partial charge on any atom is 0.259 e. The number of amidine groups is 1. The van der Waals surface area contributed by atoms with Gasteiger partial charge in [0.1, 0.15) is 0 Å². The molecule has 3 aromatic heterocycles. The van der Waals surface area contributed by atoms with Gasteiger partial charge >= 0.3 is 0 Å². The number of pyridine rings is 1. The van der Waals surface area contributed by atoms with Crippen molar-refractivity contribution in [3.63, 3.8) is 0 Å². The van der Waals surface area contributed by atoms with Gasteiger partial charge in [0.25, 0.3) is 5.91 Å². The lowest BCUT2D eigenvalue weighted by molar-refractivity contribution is -0.0744. The summed E-state index contributed by atoms with van der Waals surface area (Å²) in [7, 11) is 0. The zero-order valence-electron chi connectivity index (χ0n) is 22.2. The van der Waals surface area contributed by atoms with E-state index in [9.17, 15) is 9.90 Å². The molecule has 2 aliphatic rings. The van der Waals surface area contributed by atoms with Crippen molar-refractivity contribution in [1.82, 2.24) is 19.4 Å². The Morgan fingerprint density at radius 1 is 1.18 bits per heavy atom. The van der Waals surface area contributed by atoms with Gasteiger partial charge in [-0.15, -0.1) is 5.11 Å². The highest BCUT2D eigenvalue weighted by atomic mass is 16.5. The fourth-order valence-electron chi connectivity index (χ4n) is 4.72. The molecule has 1 amide bonds. The number of nitrogens with zero attached hydrogens (tertiary/aromatic N) is 7. The summed E-state index contributed by atoms with van der Waals surface area (Å²) in [4.78, 5) is 13.4. The first-order valence-corrected chi connectivity index (χ1v) is 13.3. The van der Waals surface area contributed by atoms with Gasteiger partial charge in [-0.3, -0.25) is 9.48 Å². The third kappa shape index (κ3) is 5.49. The standard InChI is InChI=1S/C28H31N9O3/c1-18-2-3-20(26(33-29)35-34-22-4-5-22)12-24(18)32-27(38)23-15-31-37-9-6-19(13-25(23)37)21-14-30-36(16-21)17-28(39)7-10-40-11-8-28/h2-3,6,9,12-16,22,39H,4-5,7-8,10-11,17,29H2,1H3,(H,32,38)/b33-26-,35-34?. The fourth-order valence-corrected chi connectivity index (χ4v) is 4.72. The Labute approximate surface area is 230 Å². The van der Waals surface area contributed by atoms with Crippen LogP contribution in [0.5, 0.6) is 0 Å². The van der Waals surface area contributed by atoms with E-state index in [0.717, 1.165) is 29.5 Å². The molecular weight excluding hydrogens is 510 g/mol. The number of rotatable bonds is 7. The Hall–Kier alpha value is -4.42. The molecule has 0 radical (unpaired) electrons. The van der Waals surface area contributed by atoms with Gasteiger partial charge in [0.05, 0.1) is 41.7 Å². The lowest BCUT2D eigenvalue weighted by Gasteiger charge is -2.31. The van der Waals surface area contributed by atoms with E-state index in [2.05, 4.69) is 30.8 Å². The maximum atomic E-state index is 13.4. The zero-order valence-corrected chi connectivity index (χ0v) is 22.2. The van der Waals surface area contributed by atoms with Crippen LogP contribution in [-0.2, 0) is 11.3 Å². The van der Waals surface area contributed by atoms with E-state index in [1.807, 2.05) is 43.6 Å². The van der Waals surface area contributed by atoms with E-state index >= 15 is 0 Å². The summed E-state index contributed by atoms with van der Waals surface area (Å²) >= 11 is 0. The maximum absolute atomic E-state index is 13.4. The quantitative estimate of drug-likeness (QED) is 0.107. The summed E-state index contributed by atoms with van der Waals surface area (Å²) in [6.07, 6.45) is 10.2. The van der Waals surface area contributed by atoms with Crippen LogP contribution in [0.1, 0.15) is 47.2 Å². The van der Waals surface area contributed by atoms with E-state index < -0.39 is 5.60 Å². The average Bonchev–Trinajstić information content (AvgIpc) is 3.50. The number of anilines is 1. The van der Waals surface area contributed by atoms with E-state index in [0.29, 0.717) is 60.8 Å². The van der Waals surface area contributed by atoms with Crippen LogP contribution in [0.25, 0.3) is 16.6 Å². The van der Waals surface area contributed by atoms with Crippen LogP contribution in [0, 0.1) is 6.92 Å². The number of azo groups is 1. The molecule has 1 aliphatic heterocycles. The number of carbonyl (C=O) groups excluding carboxylic acids is 1. The third-order valence-electron chi connectivity index (χ3n) is 7.34. The van der Waals surface area contributed by atoms with Crippen molar-refractivity contribution in [3.8, 4) is 11.1 Å². The molecule has 40 heavy (non-hydrogen) atoms. The second-order valence-electron chi connectivity index (χ2n) is 10.4. The number of amides is 1. The zero-order chi connectivity index (χ0) is 27.7. The molecule has 4 N–H and O–H groups in total. The molecule has 12 nitrogen and oxygen atoms in total. The Bertz CT molecular complexity index is 1610. The highest BCUT2D eigenvalue weighted by Gasteiger charge is 2.30. The predicted molar refractivity (Wildman–Crippen MR) is 149 cm³/mol. The highest BCUT2D eigenvalue weighted by molar-refractivity contribution is 6.10. The topological polar surface area (TPSA) is 157 Å². The second-order valence-corrected chi connectivity index (χ2v) is 10.4. The van der Waals surface area contributed by atoms with Crippen molar-refractivity contribution >= 4 is 22.9 Å². The van der Waals surface area contributed by atoms with Crippen LogP contribution in [-0.4, -0.2) is 61.1 Å². The average molecular weight is 542 g/mol. The number of hydrazone groups is 1. The summed E-state index contributed by atoms with van der Waals surface area (Å²) in [5.74, 6) is 5.59. The van der Waals surface area contributed by atoms with Gasteiger partial charge in [0.2, 0.25) is 0 Å². The van der Waals surface area contributed by atoms with Crippen LogP contribution in [0.4, 0.5) is 5.69 Å². The normalized spacial score (nSPS) is 17.5. The Kier molecular flexibility index (Phi) is 6.86. The van der Waals surface area contributed by atoms with E-state index in [-0.39, 0.29) is 11.9 Å². The largest absolute Gasteiger partial charge is 0.388 e. The molecule has 0 atom stereocenters. The number of carbonyl (C=O) groups is 1. The molecule has 1 aliphatic carbocycles. The molecule has 0 unspecified atom stereocenters. The van der Waals surface area contributed by atoms with Crippen molar-refractivity contribution in [2.24, 2.45) is 21.2 Å². The number of nitrogens with one attached hydrogen (secondary N) is 1. The monoisotopic (exact) mass is 541 g/mol. The van der Waals surface area contributed by atoms with Crippen molar-refractivity contribution in [3.05, 3.63) is 71.8 Å². The molecule has 0 bridgehead atoms. The first kappa shape index (κ1) is 25.8. The fraction of sp³-hybridized carbons (Fsp3) is 0.357. The summed E-state index contributed by atoms with van der Waals surface area (Å²) in [6, 6.07) is 9.60. The summed E-state index contributed by atoms with van der Waals surface area (Å²) in [6.45, 7) is 3.40. The van der Waals surface area contributed by atoms with Crippen molar-refractivity contribution in [2.75, 3.05) is 18.5 Å². The molecule has 2 fully saturated rings. The van der Waals surface area contributed by atoms with Crippen LogP contribution >= 0.6 is 0 Å². The molecule has 0 spiro atoms. The molecule has 1 saturated heterocycles. The smallest absolute Gasteiger partial charge is 0.259 e.